The van der Waals surface area contributed by atoms with Crippen LogP contribution in [0.2, 0.25) is 5.02 Å². The summed E-state index contributed by atoms with van der Waals surface area (Å²) < 4.78 is 12.1. The number of thioether (sulfide) groups is 1. The molecule has 1 aliphatic heterocycles. The predicted octanol–water partition coefficient (Wildman–Crippen LogP) is 4.62. The van der Waals surface area contributed by atoms with E-state index in [1.54, 1.807) is 42.5 Å². The summed E-state index contributed by atoms with van der Waals surface area (Å²) in [7, 11) is 1.50. The van der Waals surface area contributed by atoms with Crippen molar-refractivity contribution in [3.8, 4) is 11.5 Å². The fraction of sp³-hybridized carbons (Fsp3) is 0.105. The van der Waals surface area contributed by atoms with Crippen molar-refractivity contribution < 1.29 is 19.1 Å². The zero-order valence-electron chi connectivity index (χ0n) is 15.0. The van der Waals surface area contributed by atoms with Gasteiger partial charge in [0.2, 0.25) is 0 Å². The van der Waals surface area contributed by atoms with Gasteiger partial charge in [0.25, 0.3) is 11.8 Å². The molecule has 0 aliphatic carbocycles. The second-order valence-electron chi connectivity index (χ2n) is 5.73. The van der Waals surface area contributed by atoms with Crippen LogP contribution in [0, 0.1) is 0 Å². The van der Waals surface area contributed by atoms with E-state index in [4.69, 9.17) is 33.3 Å². The van der Waals surface area contributed by atoms with Crippen LogP contribution in [0.15, 0.2) is 45.8 Å². The summed E-state index contributed by atoms with van der Waals surface area (Å²) >= 11 is 15.5. The molecule has 0 radical (unpaired) electrons. The lowest BCUT2D eigenvalue weighted by Gasteiger charge is -2.12. The summed E-state index contributed by atoms with van der Waals surface area (Å²) in [5, 5.41) is 5.76. The normalized spacial score (nSPS) is 14.7. The van der Waals surface area contributed by atoms with Crippen molar-refractivity contribution in [2.45, 2.75) is 0 Å². The van der Waals surface area contributed by atoms with Crippen LogP contribution in [0.4, 0.5) is 5.69 Å². The lowest BCUT2D eigenvalue weighted by Crippen LogP contribution is -2.20. The summed E-state index contributed by atoms with van der Waals surface area (Å²) in [4.78, 5) is 24.4. The van der Waals surface area contributed by atoms with Crippen molar-refractivity contribution in [2.24, 2.45) is 0 Å². The number of amides is 2. The van der Waals surface area contributed by atoms with Gasteiger partial charge in [0.15, 0.2) is 18.1 Å². The first-order valence-electron chi connectivity index (χ1n) is 8.16. The first-order valence-corrected chi connectivity index (χ1v) is 10.6. The van der Waals surface area contributed by atoms with Crippen molar-refractivity contribution in [2.75, 3.05) is 19.0 Å². The Labute approximate surface area is 190 Å². The van der Waals surface area contributed by atoms with Crippen LogP contribution in [0.25, 0.3) is 6.08 Å². The number of carbonyl (C=O) groups excluding carboxylic acids is 2. The van der Waals surface area contributed by atoms with Gasteiger partial charge in [0.1, 0.15) is 4.32 Å². The van der Waals surface area contributed by atoms with E-state index in [1.165, 1.54) is 18.9 Å². The Kier molecular flexibility index (Phi) is 7.18. The van der Waals surface area contributed by atoms with Crippen LogP contribution >= 0.6 is 51.5 Å². The molecular formula is C19H14BrClN2O4S2. The van der Waals surface area contributed by atoms with Crippen LogP contribution in [-0.4, -0.2) is 29.9 Å². The number of anilines is 1. The number of hydrogen-bond acceptors (Lipinski definition) is 6. The Bertz CT molecular complexity index is 1030. The molecule has 1 fully saturated rings. The fourth-order valence-corrected chi connectivity index (χ4v) is 3.85. The van der Waals surface area contributed by atoms with Crippen LogP contribution in [0.5, 0.6) is 11.5 Å². The van der Waals surface area contributed by atoms with Gasteiger partial charge in [0.05, 0.1) is 17.0 Å². The molecule has 0 atom stereocenters. The van der Waals surface area contributed by atoms with E-state index in [9.17, 15) is 9.59 Å². The fourth-order valence-electron chi connectivity index (χ4n) is 2.38. The molecule has 2 N–H and O–H groups in total. The van der Waals surface area contributed by atoms with E-state index in [0.717, 1.165) is 10.0 Å². The number of thiocarbonyl (C=S) groups is 1. The number of rotatable bonds is 6. The molecule has 1 aliphatic rings. The van der Waals surface area contributed by atoms with Crippen molar-refractivity contribution in [1.82, 2.24) is 5.32 Å². The maximum atomic E-state index is 12.1. The van der Waals surface area contributed by atoms with Crippen molar-refractivity contribution in [3.63, 3.8) is 0 Å². The van der Waals surface area contributed by atoms with E-state index in [2.05, 4.69) is 26.6 Å². The largest absolute Gasteiger partial charge is 0.493 e. The Morgan fingerprint density at radius 3 is 2.76 bits per heavy atom. The standard InChI is InChI=1S/C19H14BrClN2O4S2/c1-26-15-6-10(7-16-18(25)23-19(28)29-16)2-5-14(15)27-9-17(24)22-11-3-4-12(20)13(21)8-11/h2-8H,9H2,1H3,(H,22,24)(H,23,25,28)/b16-7-. The van der Waals surface area contributed by atoms with Gasteiger partial charge in [-0.05, 0) is 57.9 Å². The summed E-state index contributed by atoms with van der Waals surface area (Å²) in [6.45, 7) is -0.211. The quantitative estimate of drug-likeness (QED) is 0.434. The highest BCUT2D eigenvalue weighted by Gasteiger charge is 2.22. The summed E-state index contributed by atoms with van der Waals surface area (Å²) in [6, 6.07) is 10.2. The molecule has 2 aromatic rings. The average molecular weight is 514 g/mol. The molecular weight excluding hydrogens is 500 g/mol. The SMILES string of the molecule is COc1cc(/C=C2\SC(=S)NC2=O)ccc1OCC(=O)Nc1ccc(Br)c(Cl)c1. The zero-order chi connectivity index (χ0) is 21.0. The second-order valence-corrected chi connectivity index (χ2v) is 8.71. The number of benzene rings is 2. The topological polar surface area (TPSA) is 76.7 Å². The van der Waals surface area contributed by atoms with Gasteiger partial charge in [-0.2, -0.15) is 0 Å². The molecule has 10 heteroatoms. The molecule has 6 nitrogen and oxygen atoms in total. The smallest absolute Gasteiger partial charge is 0.263 e. The molecule has 1 heterocycles. The first-order chi connectivity index (χ1) is 13.9. The molecule has 0 unspecified atom stereocenters. The summed E-state index contributed by atoms with van der Waals surface area (Å²) in [6.07, 6.45) is 1.70. The highest BCUT2D eigenvalue weighted by atomic mass is 79.9. The van der Waals surface area contributed by atoms with Crippen LogP contribution in [-0.2, 0) is 9.59 Å². The third kappa shape index (κ3) is 5.72. The number of hydrogen-bond donors (Lipinski definition) is 2. The van der Waals surface area contributed by atoms with Gasteiger partial charge in [-0.1, -0.05) is 41.6 Å². The van der Waals surface area contributed by atoms with Crippen LogP contribution in [0.1, 0.15) is 5.56 Å². The summed E-state index contributed by atoms with van der Waals surface area (Å²) in [5.74, 6) is 0.260. The highest BCUT2D eigenvalue weighted by Crippen LogP contribution is 2.31. The Morgan fingerprint density at radius 2 is 2.10 bits per heavy atom. The second kappa shape index (κ2) is 9.62. The maximum Gasteiger partial charge on any atom is 0.263 e. The number of halogens is 2. The molecule has 2 aromatic carbocycles. The molecule has 3 rings (SSSR count). The third-order valence-electron chi connectivity index (χ3n) is 3.69. The van der Waals surface area contributed by atoms with Crippen molar-refractivity contribution in [3.05, 3.63) is 56.4 Å². The maximum absolute atomic E-state index is 12.1. The molecule has 29 heavy (non-hydrogen) atoms. The molecule has 0 bridgehead atoms. The predicted molar refractivity (Wildman–Crippen MR) is 123 cm³/mol. The molecule has 0 saturated carbocycles. The lowest BCUT2D eigenvalue weighted by molar-refractivity contribution is -0.118. The minimum Gasteiger partial charge on any atom is -0.493 e. The van der Waals surface area contributed by atoms with E-state index >= 15 is 0 Å². The lowest BCUT2D eigenvalue weighted by atomic mass is 10.2. The minimum atomic E-state index is -0.343. The number of methoxy groups -OCH3 is 1. The van der Waals surface area contributed by atoms with E-state index in [-0.39, 0.29) is 18.4 Å². The highest BCUT2D eigenvalue weighted by molar-refractivity contribution is 9.10. The monoisotopic (exact) mass is 512 g/mol. The molecule has 0 aromatic heterocycles. The minimum absolute atomic E-state index is 0.211. The van der Waals surface area contributed by atoms with Crippen molar-refractivity contribution in [1.29, 1.82) is 0 Å². The Morgan fingerprint density at radius 1 is 1.31 bits per heavy atom. The van der Waals surface area contributed by atoms with Gasteiger partial charge in [-0.3, -0.25) is 9.59 Å². The van der Waals surface area contributed by atoms with Crippen LogP contribution < -0.4 is 20.1 Å². The van der Waals surface area contributed by atoms with Gasteiger partial charge < -0.3 is 20.1 Å². The third-order valence-corrected chi connectivity index (χ3v) is 6.08. The van der Waals surface area contributed by atoms with Crippen molar-refractivity contribution >= 4 is 79.4 Å². The molecule has 150 valence electrons. The van der Waals surface area contributed by atoms with Gasteiger partial charge >= 0.3 is 0 Å². The molecule has 1 saturated heterocycles. The van der Waals surface area contributed by atoms with Gasteiger partial charge in [0, 0.05) is 10.2 Å². The van der Waals surface area contributed by atoms with E-state index in [1.807, 2.05) is 0 Å². The summed E-state index contributed by atoms with van der Waals surface area (Å²) in [5.41, 5.74) is 1.30. The van der Waals surface area contributed by atoms with Gasteiger partial charge in [-0.25, -0.2) is 0 Å². The first kappa shape index (κ1) is 21.6. The molecule has 2 amide bonds. The number of ether oxygens (including phenoxy) is 2. The number of carbonyl (C=O) groups is 2. The van der Waals surface area contributed by atoms with E-state index in [0.29, 0.717) is 31.4 Å². The average Bonchev–Trinajstić information content (AvgIpc) is 3.00. The van der Waals surface area contributed by atoms with E-state index < -0.39 is 0 Å². The zero-order valence-corrected chi connectivity index (χ0v) is 18.9. The van der Waals surface area contributed by atoms with Crippen LogP contribution in [0.3, 0.4) is 0 Å². The number of nitrogens with one attached hydrogen (secondary N) is 2. The molecule has 0 spiro atoms. The van der Waals surface area contributed by atoms with Gasteiger partial charge in [-0.15, -0.1) is 0 Å². The Hall–Kier alpha value is -2.07. The Balaban J connectivity index is 1.65.